The summed E-state index contributed by atoms with van der Waals surface area (Å²) in [6, 6.07) is 0. The molecule has 2 aliphatic rings. The fourth-order valence-electron chi connectivity index (χ4n) is 1.29. The molecule has 0 atom stereocenters. The second kappa shape index (κ2) is 2.25. The van der Waals surface area contributed by atoms with Crippen molar-refractivity contribution in [2.24, 2.45) is 0 Å². The van der Waals surface area contributed by atoms with Gasteiger partial charge < -0.3 is 9.47 Å². The lowest BCUT2D eigenvalue weighted by molar-refractivity contribution is -0.372. The summed E-state index contributed by atoms with van der Waals surface area (Å²) in [5, 5.41) is 0. The number of hydrogen-bond acceptors (Lipinski definition) is 3. The minimum Gasteiger partial charge on any atom is -0.313 e. The molecule has 2 saturated heterocycles. The normalized spacial score (nSPS) is 30.7. The SMILES string of the molecule is C1CCN(C2OCO2)C1. The number of ether oxygens (including phenoxy) is 2. The highest BCUT2D eigenvalue weighted by atomic mass is 16.9. The van der Waals surface area contributed by atoms with Gasteiger partial charge in [0, 0.05) is 13.1 Å². The third-order valence-corrected chi connectivity index (χ3v) is 1.86. The van der Waals surface area contributed by atoms with Gasteiger partial charge in [-0.1, -0.05) is 0 Å². The van der Waals surface area contributed by atoms with E-state index >= 15 is 0 Å². The van der Waals surface area contributed by atoms with Crippen molar-refractivity contribution in [1.82, 2.24) is 4.90 Å². The molecule has 0 aliphatic carbocycles. The van der Waals surface area contributed by atoms with Crippen molar-refractivity contribution in [1.29, 1.82) is 0 Å². The number of hydrogen-bond donors (Lipinski definition) is 0. The molecule has 2 aliphatic heterocycles. The second-order valence-electron chi connectivity index (χ2n) is 2.50. The van der Waals surface area contributed by atoms with Crippen LogP contribution in [0.4, 0.5) is 0 Å². The molecule has 0 spiro atoms. The summed E-state index contributed by atoms with van der Waals surface area (Å²) in [6.07, 6.45) is 2.60. The first-order valence-electron chi connectivity index (χ1n) is 3.44. The van der Waals surface area contributed by atoms with Crippen molar-refractivity contribution in [3.63, 3.8) is 0 Å². The van der Waals surface area contributed by atoms with E-state index in [1.807, 2.05) is 0 Å². The van der Waals surface area contributed by atoms with Crippen molar-refractivity contribution >= 4 is 0 Å². The number of nitrogens with zero attached hydrogens (tertiary/aromatic N) is 1. The third-order valence-electron chi connectivity index (χ3n) is 1.86. The van der Waals surface area contributed by atoms with Gasteiger partial charge in [0.25, 0.3) is 0 Å². The van der Waals surface area contributed by atoms with Gasteiger partial charge in [-0.15, -0.1) is 0 Å². The smallest absolute Gasteiger partial charge is 0.222 e. The van der Waals surface area contributed by atoms with Crippen LogP contribution in [0.1, 0.15) is 12.8 Å². The molecule has 0 aromatic heterocycles. The van der Waals surface area contributed by atoms with Crippen molar-refractivity contribution in [2.45, 2.75) is 19.3 Å². The van der Waals surface area contributed by atoms with Crippen LogP contribution in [0.25, 0.3) is 0 Å². The summed E-state index contributed by atoms with van der Waals surface area (Å²) < 4.78 is 10.2. The zero-order valence-corrected chi connectivity index (χ0v) is 5.38. The molecule has 0 aromatic rings. The predicted octanol–water partition coefficient (Wildman–Crippen LogP) is 0.370. The topological polar surface area (TPSA) is 21.7 Å². The average molecular weight is 129 g/mol. The molecule has 2 rings (SSSR count). The summed E-state index contributed by atoms with van der Waals surface area (Å²) in [5.74, 6) is 0. The summed E-state index contributed by atoms with van der Waals surface area (Å²) in [6.45, 7) is 2.77. The molecular weight excluding hydrogens is 118 g/mol. The maximum Gasteiger partial charge on any atom is 0.222 e. The van der Waals surface area contributed by atoms with E-state index < -0.39 is 0 Å². The third kappa shape index (κ3) is 0.956. The lowest BCUT2D eigenvalue weighted by Gasteiger charge is -2.33. The molecule has 0 saturated carbocycles. The highest BCUT2D eigenvalue weighted by Crippen LogP contribution is 2.18. The molecule has 0 N–H and O–H groups in total. The highest BCUT2D eigenvalue weighted by Gasteiger charge is 2.28. The molecule has 0 bridgehead atoms. The molecule has 0 unspecified atom stereocenters. The van der Waals surface area contributed by atoms with E-state index in [1.165, 1.54) is 12.8 Å². The van der Waals surface area contributed by atoms with Crippen LogP contribution < -0.4 is 0 Å². The maximum absolute atomic E-state index is 5.12. The Labute approximate surface area is 54.5 Å². The lowest BCUT2D eigenvalue weighted by Crippen LogP contribution is -2.45. The van der Waals surface area contributed by atoms with Crippen LogP contribution in [-0.4, -0.2) is 31.2 Å². The van der Waals surface area contributed by atoms with E-state index in [4.69, 9.17) is 9.47 Å². The molecule has 2 heterocycles. The Morgan fingerprint density at radius 1 is 1.11 bits per heavy atom. The number of rotatable bonds is 1. The monoisotopic (exact) mass is 129 g/mol. The Morgan fingerprint density at radius 3 is 2.22 bits per heavy atom. The lowest BCUT2D eigenvalue weighted by atomic mass is 10.4. The van der Waals surface area contributed by atoms with E-state index in [1.54, 1.807) is 0 Å². The molecular formula is C6H11NO2. The van der Waals surface area contributed by atoms with E-state index in [0.717, 1.165) is 13.1 Å². The highest BCUT2D eigenvalue weighted by molar-refractivity contribution is 4.66. The van der Waals surface area contributed by atoms with Gasteiger partial charge in [-0.25, -0.2) is 0 Å². The predicted molar refractivity (Wildman–Crippen MR) is 31.6 cm³/mol. The fraction of sp³-hybridized carbons (Fsp3) is 1.00. The van der Waals surface area contributed by atoms with Crippen molar-refractivity contribution in [2.75, 3.05) is 19.9 Å². The van der Waals surface area contributed by atoms with Crippen LogP contribution in [-0.2, 0) is 9.47 Å². The Hall–Kier alpha value is -0.120. The van der Waals surface area contributed by atoms with Gasteiger partial charge in [0.05, 0.1) is 0 Å². The summed E-state index contributed by atoms with van der Waals surface area (Å²) in [5.41, 5.74) is 0. The van der Waals surface area contributed by atoms with Gasteiger partial charge in [0.1, 0.15) is 0 Å². The Bertz CT molecular complexity index is 97.2. The quantitative estimate of drug-likeness (QED) is 0.510. The molecule has 52 valence electrons. The van der Waals surface area contributed by atoms with Gasteiger partial charge in [0.15, 0.2) is 6.79 Å². The maximum atomic E-state index is 5.12. The van der Waals surface area contributed by atoms with E-state index in [0.29, 0.717) is 6.79 Å². The van der Waals surface area contributed by atoms with Crippen LogP contribution in [0.2, 0.25) is 0 Å². The van der Waals surface area contributed by atoms with E-state index in [-0.39, 0.29) is 6.41 Å². The number of likely N-dealkylation sites (tertiary alicyclic amines) is 1. The second-order valence-corrected chi connectivity index (χ2v) is 2.50. The Morgan fingerprint density at radius 2 is 1.78 bits per heavy atom. The first kappa shape index (κ1) is 5.65. The minimum absolute atomic E-state index is 0.00694. The Kier molecular flexibility index (Phi) is 1.41. The van der Waals surface area contributed by atoms with Crippen LogP contribution in [0, 0.1) is 0 Å². The molecule has 0 amide bonds. The van der Waals surface area contributed by atoms with E-state index in [9.17, 15) is 0 Å². The summed E-state index contributed by atoms with van der Waals surface area (Å²) >= 11 is 0. The minimum atomic E-state index is 0.00694. The van der Waals surface area contributed by atoms with Crippen LogP contribution in [0.5, 0.6) is 0 Å². The molecule has 3 nitrogen and oxygen atoms in total. The molecule has 0 aromatic carbocycles. The fourth-order valence-corrected chi connectivity index (χ4v) is 1.29. The van der Waals surface area contributed by atoms with Crippen LogP contribution >= 0.6 is 0 Å². The van der Waals surface area contributed by atoms with Gasteiger partial charge in [-0.2, -0.15) is 0 Å². The first-order valence-corrected chi connectivity index (χ1v) is 3.44. The van der Waals surface area contributed by atoms with Gasteiger partial charge in [-0.05, 0) is 12.8 Å². The summed E-state index contributed by atoms with van der Waals surface area (Å²) in [4.78, 5) is 2.23. The van der Waals surface area contributed by atoms with Crippen molar-refractivity contribution in [3.8, 4) is 0 Å². The molecule has 9 heavy (non-hydrogen) atoms. The van der Waals surface area contributed by atoms with Gasteiger partial charge in [-0.3, -0.25) is 4.90 Å². The van der Waals surface area contributed by atoms with Crippen LogP contribution in [0.3, 0.4) is 0 Å². The van der Waals surface area contributed by atoms with Crippen molar-refractivity contribution < 1.29 is 9.47 Å². The standard InChI is InChI=1S/C6H11NO2/c1-2-4-7(3-1)6-8-5-9-6/h6H,1-5H2. The molecule has 2 fully saturated rings. The first-order chi connectivity index (χ1) is 4.47. The van der Waals surface area contributed by atoms with Crippen LogP contribution in [0.15, 0.2) is 0 Å². The van der Waals surface area contributed by atoms with Gasteiger partial charge in [0.2, 0.25) is 6.41 Å². The zero-order chi connectivity index (χ0) is 6.10. The summed E-state index contributed by atoms with van der Waals surface area (Å²) in [7, 11) is 0. The Balaban J connectivity index is 1.82. The zero-order valence-electron chi connectivity index (χ0n) is 5.38. The molecule has 0 radical (unpaired) electrons. The van der Waals surface area contributed by atoms with Gasteiger partial charge >= 0.3 is 0 Å². The van der Waals surface area contributed by atoms with E-state index in [2.05, 4.69) is 4.90 Å². The largest absolute Gasteiger partial charge is 0.313 e. The van der Waals surface area contributed by atoms with Crippen molar-refractivity contribution in [3.05, 3.63) is 0 Å². The average Bonchev–Trinajstić information content (AvgIpc) is 2.11. The molecule has 3 heteroatoms.